The fourth-order valence-electron chi connectivity index (χ4n) is 2.62. The van der Waals surface area contributed by atoms with E-state index in [2.05, 4.69) is 24.3 Å². The van der Waals surface area contributed by atoms with Crippen LogP contribution in [0.2, 0.25) is 0 Å². The van der Waals surface area contributed by atoms with Crippen molar-refractivity contribution < 1.29 is 14.3 Å². The van der Waals surface area contributed by atoms with Gasteiger partial charge in [0.05, 0.1) is 23.4 Å². The largest absolute Gasteiger partial charge is 0.466 e. The predicted molar refractivity (Wildman–Crippen MR) is 93.3 cm³/mol. The molecule has 7 heteroatoms. The molecule has 3 aromatic heterocycles. The third-order valence-corrected chi connectivity index (χ3v) is 5.16. The van der Waals surface area contributed by atoms with E-state index in [1.54, 1.807) is 19.1 Å². The van der Waals surface area contributed by atoms with Crippen molar-refractivity contribution in [1.82, 2.24) is 15.1 Å². The molecular weight excluding hydrogens is 326 g/mol. The third-order valence-electron chi connectivity index (χ3n) is 3.96. The molecule has 3 aromatic rings. The topological polar surface area (TPSA) is 80.3 Å². The van der Waals surface area contributed by atoms with Crippen molar-refractivity contribution in [3.05, 3.63) is 40.8 Å². The van der Waals surface area contributed by atoms with Crippen molar-refractivity contribution in [3.63, 3.8) is 0 Å². The Kier molecular flexibility index (Phi) is 4.23. The zero-order chi connectivity index (χ0) is 17.5. The van der Waals surface area contributed by atoms with Gasteiger partial charge >= 0.3 is 0 Å². The number of nitrogens with zero attached hydrogens (tertiary/aromatic N) is 2. The van der Waals surface area contributed by atoms with Gasteiger partial charge in [-0.1, -0.05) is 13.8 Å². The van der Waals surface area contributed by atoms with Gasteiger partial charge in [-0.25, -0.2) is 0 Å². The van der Waals surface area contributed by atoms with Crippen LogP contribution in [0.5, 0.6) is 0 Å². The van der Waals surface area contributed by atoms with Crippen LogP contribution in [0.15, 0.2) is 28.9 Å². The molecule has 128 valence electrons. The molecule has 0 aliphatic carbocycles. The van der Waals surface area contributed by atoms with Gasteiger partial charge < -0.3 is 14.8 Å². The minimum atomic E-state index is -1.25. The average molecular weight is 347 g/mol. The second-order valence-electron chi connectivity index (χ2n) is 6.43. The predicted octanol–water partition coefficient (Wildman–Crippen LogP) is 2.99. The summed E-state index contributed by atoms with van der Waals surface area (Å²) in [4.78, 5) is 14.0. The van der Waals surface area contributed by atoms with Crippen LogP contribution in [0, 0.1) is 0 Å². The van der Waals surface area contributed by atoms with Crippen LogP contribution in [0.3, 0.4) is 0 Å². The summed E-state index contributed by atoms with van der Waals surface area (Å²) in [6.45, 7) is 5.85. The molecule has 2 N–H and O–H groups in total. The lowest BCUT2D eigenvalue weighted by Gasteiger charge is -2.20. The highest BCUT2D eigenvalue weighted by atomic mass is 32.1. The molecule has 24 heavy (non-hydrogen) atoms. The van der Waals surface area contributed by atoms with Crippen molar-refractivity contribution in [3.8, 4) is 0 Å². The van der Waals surface area contributed by atoms with E-state index < -0.39 is 5.60 Å². The number of carbonyl (C=O) groups is 1. The molecule has 0 saturated heterocycles. The summed E-state index contributed by atoms with van der Waals surface area (Å²) in [6.07, 6.45) is 1.50. The molecule has 1 amide bonds. The van der Waals surface area contributed by atoms with Gasteiger partial charge in [0, 0.05) is 12.4 Å². The number of aromatic nitrogens is 2. The van der Waals surface area contributed by atoms with Crippen LogP contribution in [0.25, 0.3) is 10.2 Å². The van der Waals surface area contributed by atoms with Gasteiger partial charge in [-0.2, -0.15) is 5.10 Å². The lowest BCUT2D eigenvalue weighted by Crippen LogP contribution is -2.38. The minimum absolute atomic E-state index is 0.0723. The number of carbonyl (C=O) groups excluding carboxylic acids is 1. The van der Waals surface area contributed by atoms with E-state index in [1.807, 2.05) is 17.8 Å². The maximum atomic E-state index is 12.4. The van der Waals surface area contributed by atoms with Crippen LogP contribution in [-0.4, -0.2) is 27.3 Å². The average Bonchev–Trinajstić information content (AvgIpc) is 3.22. The number of nitrogens with one attached hydrogen (secondary N) is 1. The van der Waals surface area contributed by atoms with Gasteiger partial charge in [-0.05, 0) is 31.0 Å². The molecule has 3 rings (SSSR count). The van der Waals surface area contributed by atoms with E-state index in [9.17, 15) is 9.90 Å². The highest BCUT2D eigenvalue weighted by Gasteiger charge is 2.27. The molecule has 0 radical (unpaired) electrons. The van der Waals surface area contributed by atoms with Crippen LogP contribution < -0.4 is 5.32 Å². The first-order valence-electron chi connectivity index (χ1n) is 7.80. The number of furan rings is 1. The van der Waals surface area contributed by atoms with Crippen molar-refractivity contribution in [1.29, 1.82) is 0 Å². The van der Waals surface area contributed by atoms with Crippen molar-refractivity contribution >= 4 is 27.5 Å². The molecule has 0 fully saturated rings. The van der Waals surface area contributed by atoms with Gasteiger partial charge in [0.15, 0.2) is 0 Å². The van der Waals surface area contributed by atoms with Gasteiger partial charge in [0.25, 0.3) is 5.91 Å². The molecule has 0 aliphatic heterocycles. The maximum absolute atomic E-state index is 12.4. The summed E-state index contributed by atoms with van der Waals surface area (Å²) in [5.41, 5.74) is -0.258. The molecule has 6 nitrogen and oxygen atoms in total. The van der Waals surface area contributed by atoms with E-state index in [0.717, 1.165) is 15.9 Å². The summed E-state index contributed by atoms with van der Waals surface area (Å²) >= 11 is 1.40. The monoisotopic (exact) mass is 347 g/mol. The molecule has 3 heterocycles. The fraction of sp³-hybridized carbons (Fsp3) is 0.412. The van der Waals surface area contributed by atoms with Crippen LogP contribution in [-0.2, 0) is 12.6 Å². The molecule has 0 spiro atoms. The summed E-state index contributed by atoms with van der Waals surface area (Å²) in [6, 6.07) is 5.27. The first-order chi connectivity index (χ1) is 11.3. The standard InChI is InChI=1S/C17H21N3O3S/c1-10(2)14-11-8-12(24-16(11)20(4)19-14)15(21)18-9-17(3,22)13-6-5-7-23-13/h5-8,10,22H,9H2,1-4H3,(H,18,21). The Morgan fingerprint density at radius 1 is 1.54 bits per heavy atom. The molecule has 1 unspecified atom stereocenters. The lowest BCUT2D eigenvalue weighted by molar-refractivity contribution is 0.0331. The zero-order valence-electron chi connectivity index (χ0n) is 14.2. The van der Waals surface area contributed by atoms with Gasteiger partial charge in [0.2, 0.25) is 0 Å². The number of hydrogen-bond donors (Lipinski definition) is 2. The zero-order valence-corrected chi connectivity index (χ0v) is 15.0. The molecule has 0 bridgehead atoms. The first kappa shape index (κ1) is 16.7. The Hall–Kier alpha value is -2.12. The number of amides is 1. The van der Waals surface area contributed by atoms with E-state index in [4.69, 9.17) is 4.42 Å². The van der Waals surface area contributed by atoms with Crippen LogP contribution in [0.1, 0.15) is 47.8 Å². The smallest absolute Gasteiger partial charge is 0.261 e. The van der Waals surface area contributed by atoms with Crippen molar-refractivity contribution in [2.75, 3.05) is 6.54 Å². The van der Waals surface area contributed by atoms with Crippen LogP contribution in [0.4, 0.5) is 0 Å². The van der Waals surface area contributed by atoms with E-state index >= 15 is 0 Å². The Morgan fingerprint density at radius 2 is 2.29 bits per heavy atom. The first-order valence-corrected chi connectivity index (χ1v) is 8.62. The molecule has 1 atom stereocenters. The normalized spacial score (nSPS) is 14.2. The van der Waals surface area contributed by atoms with E-state index in [1.165, 1.54) is 17.6 Å². The molecule has 0 aliphatic rings. The lowest BCUT2D eigenvalue weighted by atomic mass is 10.0. The summed E-state index contributed by atoms with van der Waals surface area (Å²) in [5, 5.41) is 18.7. The number of fused-ring (bicyclic) bond motifs is 1. The minimum Gasteiger partial charge on any atom is -0.466 e. The van der Waals surface area contributed by atoms with E-state index in [0.29, 0.717) is 16.6 Å². The Labute approximate surface area is 144 Å². The summed E-state index contributed by atoms with van der Waals surface area (Å²) < 4.78 is 7.03. The van der Waals surface area contributed by atoms with Crippen molar-refractivity contribution in [2.45, 2.75) is 32.3 Å². The Balaban J connectivity index is 1.78. The summed E-state index contributed by atoms with van der Waals surface area (Å²) in [7, 11) is 1.88. The number of hydrogen-bond acceptors (Lipinski definition) is 5. The number of rotatable bonds is 5. The quantitative estimate of drug-likeness (QED) is 0.743. The third kappa shape index (κ3) is 2.97. The molecular formula is C17H21N3O3S. The fourth-order valence-corrected chi connectivity index (χ4v) is 3.61. The second-order valence-corrected chi connectivity index (χ2v) is 7.46. The molecule has 0 saturated carbocycles. The SMILES string of the molecule is CC(C)c1nn(C)c2sc(C(=O)NCC(C)(O)c3ccco3)cc12. The van der Waals surface area contributed by atoms with Gasteiger partial charge in [0.1, 0.15) is 16.2 Å². The second kappa shape index (κ2) is 6.07. The molecule has 0 aromatic carbocycles. The Morgan fingerprint density at radius 3 is 2.92 bits per heavy atom. The number of thiophene rings is 1. The summed E-state index contributed by atoms with van der Waals surface area (Å²) in [5.74, 6) is 0.502. The number of aliphatic hydroxyl groups is 1. The van der Waals surface area contributed by atoms with Crippen LogP contribution >= 0.6 is 11.3 Å². The maximum Gasteiger partial charge on any atom is 0.261 e. The van der Waals surface area contributed by atoms with Gasteiger partial charge in [-0.15, -0.1) is 11.3 Å². The van der Waals surface area contributed by atoms with Gasteiger partial charge in [-0.3, -0.25) is 9.48 Å². The Bertz CT molecular complexity index is 859. The number of aryl methyl sites for hydroxylation is 1. The highest BCUT2D eigenvalue weighted by Crippen LogP contribution is 2.31. The highest BCUT2D eigenvalue weighted by molar-refractivity contribution is 7.20. The van der Waals surface area contributed by atoms with Crippen molar-refractivity contribution in [2.24, 2.45) is 7.05 Å². The van der Waals surface area contributed by atoms with E-state index in [-0.39, 0.29) is 12.5 Å².